The highest BCUT2D eigenvalue weighted by Gasteiger charge is 2.34. The summed E-state index contributed by atoms with van der Waals surface area (Å²) in [4.78, 5) is 40.0. The van der Waals surface area contributed by atoms with Crippen LogP contribution < -0.4 is 20.4 Å². The van der Waals surface area contributed by atoms with Crippen molar-refractivity contribution in [3.05, 3.63) is 57.6 Å². The van der Waals surface area contributed by atoms with Gasteiger partial charge in [-0.05, 0) is 58.4 Å². The second-order valence-corrected chi connectivity index (χ2v) is 10.4. The lowest BCUT2D eigenvalue weighted by Gasteiger charge is -2.29. The van der Waals surface area contributed by atoms with Gasteiger partial charge in [0.1, 0.15) is 22.4 Å². The van der Waals surface area contributed by atoms with E-state index < -0.39 is 28.9 Å². The summed E-state index contributed by atoms with van der Waals surface area (Å²) in [7, 11) is 0. The first-order chi connectivity index (χ1) is 18.5. The molecule has 1 saturated heterocycles. The van der Waals surface area contributed by atoms with Crippen LogP contribution in [0, 0.1) is 17.1 Å². The number of benzene rings is 2. The number of nitrogens with zero attached hydrogens (tertiary/aromatic N) is 3. The molecule has 1 amide bonds. The maximum Gasteiger partial charge on any atom is 0.407 e. The summed E-state index contributed by atoms with van der Waals surface area (Å²) < 4.78 is 34.0. The van der Waals surface area contributed by atoms with Gasteiger partial charge in [0, 0.05) is 19.3 Å². The summed E-state index contributed by atoms with van der Waals surface area (Å²) in [5.41, 5.74) is -0.473. The van der Waals surface area contributed by atoms with Gasteiger partial charge in [0.2, 0.25) is 5.43 Å². The highest BCUT2D eigenvalue weighted by atomic mass is 19.1. The number of carbonyl (C=O) groups excluding carboxylic acids is 2. The molecule has 0 aliphatic carbocycles. The molecule has 1 fully saturated rings. The Bertz CT molecular complexity index is 1620. The van der Waals surface area contributed by atoms with E-state index in [9.17, 15) is 19.6 Å². The van der Waals surface area contributed by atoms with Crippen LogP contribution in [0.25, 0.3) is 16.6 Å². The van der Waals surface area contributed by atoms with E-state index in [-0.39, 0.29) is 47.1 Å². The van der Waals surface area contributed by atoms with Crippen molar-refractivity contribution in [1.82, 2.24) is 9.88 Å². The Labute approximate surface area is 223 Å². The van der Waals surface area contributed by atoms with Crippen LogP contribution in [0.2, 0.25) is 0 Å². The van der Waals surface area contributed by atoms with Gasteiger partial charge in [-0.2, -0.15) is 5.26 Å². The molecule has 1 N–H and O–H groups in total. The van der Waals surface area contributed by atoms with E-state index in [4.69, 9.17) is 14.2 Å². The molecule has 0 radical (unpaired) electrons. The molecule has 0 bridgehead atoms. The van der Waals surface area contributed by atoms with Crippen molar-refractivity contribution in [1.29, 1.82) is 5.26 Å². The Morgan fingerprint density at radius 1 is 1.28 bits per heavy atom. The van der Waals surface area contributed by atoms with Gasteiger partial charge >= 0.3 is 12.1 Å². The summed E-state index contributed by atoms with van der Waals surface area (Å²) >= 11 is 0. The minimum Gasteiger partial charge on any atom is -0.462 e. The van der Waals surface area contributed by atoms with Crippen molar-refractivity contribution in [2.24, 2.45) is 0 Å². The molecule has 1 unspecified atom stereocenters. The number of nitrogens with one attached hydrogen (secondary N) is 1. The van der Waals surface area contributed by atoms with Crippen molar-refractivity contribution in [2.45, 2.75) is 45.8 Å². The van der Waals surface area contributed by atoms with Gasteiger partial charge in [-0.25, -0.2) is 14.0 Å². The molecule has 2 aliphatic rings. The number of aromatic nitrogens is 1. The fourth-order valence-corrected chi connectivity index (χ4v) is 4.88. The molecule has 2 aliphatic heterocycles. The number of amides is 1. The molecule has 1 aromatic heterocycles. The number of esters is 1. The second-order valence-electron chi connectivity index (χ2n) is 10.4. The monoisotopic (exact) mass is 534 g/mol. The molecule has 2 aromatic carbocycles. The van der Waals surface area contributed by atoms with Crippen molar-refractivity contribution >= 4 is 28.7 Å². The number of halogens is 1. The number of carbonyl (C=O) groups is 2. The fraction of sp³-hybridized carbons (Fsp3) is 0.357. The molecule has 11 heteroatoms. The summed E-state index contributed by atoms with van der Waals surface area (Å²) in [6.45, 7) is 7.67. The average Bonchev–Trinajstić information content (AvgIpc) is 3.31. The lowest BCUT2D eigenvalue weighted by molar-refractivity contribution is 0.0503. The van der Waals surface area contributed by atoms with E-state index in [0.717, 1.165) is 6.07 Å². The number of hydrogen-bond donors (Lipinski definition) is 1. The van der Waals surface area contributed by atoms with E-state index >= 15 is 4.39 Å². The topological polar surface area (TPSA) is 123 Å². The number of ether oxygens (including phenoxy) is 3. The van der Waals surface area contributed by atoms with Gasteiger partial charge in [-0.15, -0.1) is 0 Å². The van der Waals surface area contributed by atoms with Crippen LogP contribution >= 0.6 is 0 Å². The summed E-state index contributed by atoms with van der Waals surface area (Å²) in [5.74, 6) is -1.13. The Kier molecular flexibility index (Phi) is 6.42. The summed E-state index contributed by atoms with van der Waals surface area (Å²) in [5, 5.41) is 12.2. The van der Waals surface area contributed by atoms with Gasteiger partial charge in [0.15, 0.2) is 17.3 Å². The van der Waals surface area contributed by atoms with Gasteiger partial charge in [-0.1, -0.05) is 0 Å². The van der Waals surface area contributed by atoms with Crippen LogP contribution in [-0.4, -0.2) is 48.0 Å². The predicted octanol–water partition coefficient (Wildman–Crippen LogP) is 4.39. The maximum atomic E-state index is 15.8. The Balaban J connectivity index is 1.63. The van der Waals surface area contributed by atoms with Crippen molar-refractivity contribution in [3.8, 4) is 23.3 Å². The summed E-state index contributed by atoms with van der Waals surface area (Å²) in [6.07, 6.45) is 1.31. The number of alkyl carbamates (subject to hydrolysis) is 1. The third kappa shape index (κ3) is 4.74. The zero-order valence-corrected chi connectivity index (χ0v) is 22.0. The van der Waals surface area contributed by atoms with Crippen LogP contribution in [0.3, 0.4) is 0 Å². The van der Waals surface area contributed by atoms with Crippen LogP contribution in [0.4, 0.5) is 14.9 Å². The normalized spacial score (nSPS) is 15.8. The molecule has 202 valence electrons. The molecule has 3 aromatic rings. The van der Waals surface area contributed by atoms with E-state index in [1.807, 2.05) is 0 Å². The minimum absolute atomic E-state index is 0.0561. The van der Waals surface area contributed by atoms with E-state index in [0.29, 0.717) is 30.0 Å². The molecule has 0 spiro atoms. The maximum absolute atomic E-state index is 15.8. The van der Waals surface area contributed by atoms with Crippen molar-refractivity contribution < 1.29 is 28.2 Å². The van der Waals surface area contributed by atoms with Gasteiger partial charge < -0.3 is 29.0 Å². The highest BCUT2D eigenvalue weighted by molar-refractivity contribution is 5.99. The lowest BCUT2D eigenvalue weighted by Crippen LogP contribution is -2.40. The lowest BCUT2D eigenvalue weighted by atomic mass is 10.1. The quantitative estimate of drug-likeness (QED) is 0.383. The zero-order valence-electron chi connectivity index (χ0n) is 22.0. The highest BCUT2D eigenvalue weighted by Crippen LogP contribution is 2.47. The smallest absolute Gasteiger partial charge is 0.407 e. The Morgan fingerprint density at radius 3 is 2.74 bits per heavy atom. The first-order valence-corrected chi connectivity index (χ1v) is 12.6. The molecule has 3 heterocycles. The first kappa shape index (κ1) is 26.0. The minimum atomic E-state index is -0.834. The van der Waals surface area contributed by atoms with Crippen molar-refractivity contribution in [2.75, 3.05) is 24.6 Å². The number of hydrogen-bond acceptors (Lipinski definition) is 8. The van der Waals surface area contributed by atoms with E-state index in [2.05, 4.69) is 11.4 Å². The van der Waals surface area contributed by atoms with Gasteiger partial charge in [-0.3, -0.25) is 4.79 Å². The number of fused-ring (bicyclic) bond motifs is 2. The van der Waals surface area contributed by atoms with Crippen LogP contribution in [0.5, 0.6) is 11.5 Å². The second kappa shape index (κ2) is 9.62. The average molecular weight is 535 g/mol. The number of rotatable bonds is 4. The van der Waals surface area contributed by atoms with Crippen LogP contribution in [0.1, 0.15) is 50.0 Å². The molecule has 39 heavy (non-hydrogen) atoms. The molecule has 0 saturated carbocycles. The third-order valence-corrected chi connectivity index (χ3v) is 6.45. The summed E-state index contributed by atoms with van der Waals surface area (Å²) in [6, 6.07) is 7.56. The van der Waals surface area contributed by atoms with E-state index in [1.54, 1.807) is 55.4 Å². The van der Waals surface area contributed by atoms with E-state index in [1.165, 1.54) is 6.20 Å². The molecule has 10 nitrogen and oxygen atoms in total. The molecule has 5 rings (SSSR count). The third-order valence-electron chi connectivity index (χ3n) is 6.45. The Morgan fingerprint density at radius 2 is 2.05 bits per heavy atom. The first-order valence-electron chi connectivity index (χ1n) is 12.6. The number of nitriles is 1. The number of anilines is 1. The SMILES string of the molecule is CCOC(=O)c1cn2c3c(c(N4CCC(NC(=O)OC(C)(C)C)C4)c(F)cc3c1=O)Oc1ccc(C#N)cc1-2. The van der Waals surface area contributed by atoms with Gasteiger partial charge in [0.25, 0.3) is 0 Å². The zero-order chi connectivity index (χ0) is 28.1. The van der Waals surface area contributed by atoms with Crippen LogP contribution in [-0.2, 0) is 9.47 Å². The molecule has 1 atom stereocenters. The fourth-order valence-electron chi connectivity index (χ4n) is 4.88. The molecular formula is C28H27FN4O6. The van der Waals surface area contributed by atoms with Crippen LogP contribution in [0.15, 0.2) is 35.3 Å². The Hall–Kier alpha value is -4.59. The standard InChI is InChI=1S/C28H27FN4O6/c1-5-37-26(35)18-14-33-20-10-15(12-30)6-7-21(20)38-25-22(33)17(24(18)34)11-19(29)23(25)32-9-8-16(13-32)31-27(36)39-28(2,3)4/h6-7,10-11,14,16H,5,8-9,13H2,1-4H3,(H,31,36). The largest absolute Gasteiger partial charge is 0.462 e. The predicted molar refractivity (Wildman–Crippen MR) is 140 cm³/mol. The number of pyridine rings is 1. The molecular weight excluding hydrogens is 507 g/mol. The van der Waals surface area contributed by atoms with Crippen molar-refractivity contribution in [3.63, 3.8) is 0 Å². The van der Waals surface area contributed by atoms with Gasteiger partial charge in [0.05, 0.1) is 35.4 Å².